The van der Waals surface area contributed by atoms with E-state index in [1.807, 2.05) is 0 Å². The molecule has 0 spiro atoms. The summed E-state index contributed by atoms with van der Waals surface area (Å²) in [4.78, 5) is 7.54. The van der Waals surface area contributed by atoms with Crippen molar-refractivity contribution < 1.29 is 12.8 Å². The van der Waals surface area contributed by atoms with Crippen LogP contribution in [0.5, 0.6) is 0 Å². The van der Waals surface area contributed by atoms with E-state index in [9.17, 15) is 12.8 Å². The van der Waals surface area contributed by atoms with Gasteiger partial charge < -0.3 is 5.32 Å². The van der Waals surface area contributed by atoms with Gasteiger partial charge in [0.15, 0.2) is 0 Å². The lowest BCUT2D eigenvalue weighted by Gasteiger charge is -2.08. The van der Waals surface area contributed by atoms with Crippen LogP contribution in [0.15, 0.2) is 35.5 Å². The molecule has 106 valence electrons. The highest BCUT2D eigenvalue weighted by molar-refractivity contribution is 7.92. The number of nitrogens with zero attached hydrogens (tertiary/aromatic N) is 2. The fraction of sp³-hybridized carbons (Fsp3) is 0.167. The lowest BCUT2D eigenvalue weighted by molar-refractivity contribution is 0.600. The number of nitrogens with one attached hydrogen (secondary N) is 2. The average Bonchev–Trinajstić information content (AvgIpc) is 2.43. The van der Waals surface area contributed by atoms with E-state index in [2.05, 4.69) is 20.0 Å². The summed E-state index contributed by atoms with van der Waals surface area (Å²) in [6.45, 7) is 1.60. The van der Waals surface area contributed by atoms with E-state index in [0.29, 0.717) is 11.5 Å². The molecular formula is C12H13FN4O2S. The summed E-state index contributed by atoms with van der Waals surface area (Å²) in [6, 6.07) is 4.10. The Morgan fingerprint density at radius 2 is 1.85 bits per heavy atom. The zero-order valence-corrected chi connectivity index (χ0v) is 11.7. The first-order valence-electron chi connectivity index (χ1n) is 5.71. The van der Waals surface area contributed by atoms with E-state index >= 15 is 0 Å². The third-order valence-corrected chi connectivity index (χ3v) is 3.92. The zero-order chi connectivity index (χ0) is 14.8. The molecule has 1 aromatic heterocycles. The first-order chi connectivity index (χ1) is 9.42. The minimum absolute atomic E-state index is 0.0996. The van der Waals surface area contributed by atoms with Crippen molar-refractivity contribution in [2.75, 3.05) is 17.1 Å². The van der Waals surface area contributed by atoms with Gasteiger partial charge >= 0.3 is 0 Å². The fourth-order valence-electron chi connectivity index (χ4n) is 1.45. The van der Waals surface area contributed by atoms with Gasteiger partial charge in [-0.15, -0.1) is 0 Å². The Morgan fingerprint density at radius 1 is 1.20 bits per heavy atom. The summed E-state index contributed by atoms with van der Waals surface area (Å²) in [6.07, 6.45) is 2.34. The number of benzene rings is 1. The van der Waals surface area contributed by atoms with Gasteiger partial charge in [-0.05, 0) is 24.6 Å². The molecule has 20 heavy (non-hydrogen) atoms. The third kappa shape index (κ3) is 3.02. The molecule has 6 nitrogen and oxygen atoms in total. The van der Waals surface area contributed by atoms with Crippen LogP contribution in [-0.4, -0.2) is 25.4 Å². The van der Waals surface area contributed by atoms with Gasteiger partial charge in [0.2, 0.25) is 5.95 Å². The maximum Gasteiger partial charge on any atom is 0.264 e. The smallest absolute Gasteiger partial charge is 0.264 e. The Bertz CT molecular complexity index is 717. The molecule has 0 saturated carbocycles. The Morgan fingerprint density at radius 3 is 2.40 bits per heavy atom. The normalized spacial score (nSPS) is 11.2. The number of rotatable bonds is 4. The summed E-state index contributed by atoms with van der Waals surface area (Å²) < 4.78 is 39.8. The Kier molecular flexibility index (Phi) is 3.84. The van der Waals surface area contributed by atoms with Crippen LogP contribution in [0.4, 0.5) is 16.0 Å². The van der Waals surface area contributed by atoms with Crippen molar-refractivity contribution in [3.05, 3.63) is 42.0 Å². The number of anilines is 2. The quantitative estimate of drug-likeness (QED) is 0.898. The number of hydrogen-bond acceptors (Lipinski definition) is 5. The van der Waals surface area contributed by atoms with Gasteiger partial charge in [-0.2, -0.15) is 0 Å². The molecule has 0 atom stereocenters. The topological polar surface area (TPSA) is 84.0 Å². The molecule has 2 rings (SSSR count). The molecule has 0 radical (unpaired) electrons. The van der Waals surface area contributed by atoms with Crippen molar-refractivity contribution in [2.24, 2.45) is 0 Å². The van der Waals surface area contributed by atoms with E-state index in [1.165, 1.54) is 24.5 Å². The van der Waals surface area contributed by atoms with Crippen LogP contribution in [-0.2, 0) is 10.0 Å². The molecule has 0 saturated heterocycles. The standard InChI is InChI=1S/C12H13FN4O2S/c1-8-3-4-9(5-11(8)13)17-20(18,19)10-6-15-12(14-2)16-7-10/h3-7,17H,1-2H3,(H,14,15,16). The Labute approximate surface area is 116 Å². The van der Waals surface area contributed by atoms with Crippen molar-refractivity contribution in [1.82, 2.24) is 9.97 Å². The van der Waals surface area contributed by atoms with Gasteiger partial charge in [0.05, 0.1) is 18.1 Å². The monoisotopic (exact) mass is 296 g/mol. The minimum Gasteiger partial charge on any atom is -0.357 e. The van der Waals surface area contributed by atoms with Crippen LogP contribution < -0.4 is 10.0 Å². The first-order valence-corrected chi connectivity index (χ1v) is 7.19. The largest absolute Gasteiger partial charge is 0.357 e. The number of hydrogen-bond donors (Lipinski definition) is 2. The molecule has 0 fully saturated rings. The Hall–Kier alpha value is -2.22. The molecule has 0 aliphatic heterocycles. The van der Waals surface area contributed by atoms with Crippen molar-refractivity contribution in [1.29, 1.82) is 0 Å². The summed E-state index contributed by atoms with van der Waals surface area (Å²) in [7, 11) is -2.22. The van der Waals surface area contributed by atoms with Crippen LogP contribution in [0.2, 0.25) is 0 Å². The van der Waals surface area contributed by atoms with E-state index in [-0.39, 0.29) is 10.6 Å². The van der Waals surface area contributed by atoms with Gasteiger partial charge in [0.1, 0.15) is 10.7 Å². The van der Waals surface area contributed by atoms with Crippen LogP contribution in [0, 0.1) is 12.7 Å². The summed E-state index contributed by atoms with van der Waals surface area (Å²) in [5, 5.41) is 2.68. The van der Waals surface area contributed by atoms with E-state index in [0.717, 1.165) is 6.07 Å². The molecule has 1 aromatic carbocycles. The van der Waals surface area contributed by atoms with E-state index < -0.39 is 15.8 Å². The second-order valence-electron chi connectivity index (χ2n) is 4.06. The number of halogens is 1. The fourth-order valence-corrected chi connectivity index (χ4v) is 2.39. The van der Waals surface area contributed by atoms with Crippen molar-refractivity contribution in [3.8, 4) is 0 Å². The van der Waals surface area contributed by atoms with Crippen molar-refractivity contribution in [3.63, 3.8) is 0 Å². The van der Waals surface area contributed by atoms with Gasteiger partial charge in [-0.25, -0.2) is 22.8 Å². The summed E-state index contributed by atoms with van der Waals surface area (Å²) in [5.41, 5.74) is 0.584. The SMILES string of the molecule is CNc1ncc(S(=O)(=O)Nc2ccc(C)c(F)c2)cn1. The van der Waals surface area contributed by atoms with Crippen LogP contribution >= 0.6 is 0 Å². The third-order valence-electron chi connectivity index (χ3n) is 2.59. The van der Waals surface area contributed by atoms with Gasteiger partial charge in [0.25, 0.3) is 10.0 Å². The lowest BCUT2D eigenvalue weighted by Crippen LogP contribution is -2.14. The highest BCUT2D eigenvalue weighted by Crippen LogP contribution is 2.18. The maximum atomic E-state index is 13.4. The van der Waals surface area contributed by atoms with Crippen LogP contribution in [0.1, 0.15) is 5.56 Å². The number of sulfonamides is 1. The van der Waals surface area contributed by atoms with E-state index in [4.69, 9.17) is 0 Å². The van der Waals surface area contributed by atoms with Gasteiger partial charge in [-0.1, -0.05) is 6.07 Å². The molecule has 0 bridgehead atoms. The second kappa shape index (κ2) is 5.41. The maximum absolute atomic E-state index is 13.4. The van der Waals surface area contributed by atoms with E-state index in [1.54, 1.807) is 14.0 Å². The van der Waals surface area contributed by atoms with Crippen LogP contribution in [0.25, 0.3) is 0 Å². The molecule has 0 aliphatic carbocycles. The molecular weight excluding hydrogens is 283 g/mol. The van der Waals surface area contributed by atoms with Crippen molar-refractivity contribution in [2.45, 2.75) is 11.8 Å². The lowest BCUT2D eigenvalue weighted by atomic mass is 10.2. The molecule has 0 amide bonds. The Balaban J connectivity index is 2.27. The zero-order valence-electron chi connectivity index (χ0n) is 10.9. The van der Waals surface area contributed by atoms with Crippen molar-refractivity contribution >= 4 is 21.7 Å². The highest BCUT2D eigenvalue weighted by atomic mass is 32.2. The second-order valence-corrected chi connectivity index (χ2v) is 5.74. The predicted octanol–water partition coefficient (Wildman–Crippen LogP) is 1.77. The highest BCUT2D eigenvalue weighted by Gasteiger charge is 2.16. The molecule has 8 heteroatoms. The minimum atomic E-state index is -3.84. The first kappa shape index (κ1) is 14.2. The van der Waals surface area contributed by atoms with Gasteiger partial charge in [-0.3, -0.25) is 4.72 Å². The van der Waals surface area contributed by atoms with Gasteiger partial charge in [0, 0.05) is 7.05 Å². The molecule has 0 aliphatic rings. The molecule has 1 heterocycles. The molecule has 2 aromatic rings. The summed E-state index contributed by atoms with van der Waals surface area (Å²) >= 11 is 0. The molecule has 2 N–H and O–H groups in total. The number of aromatic nitrogens is 2. The number of aryl methyl sites for hydroxylation is 1. The molecule has 0 unspecified atom stereocenters. The summed E-state index contributed by atoms with van der Waals surface area (Å²) in [5.74, 6) is -0.169. The van der Waals surface area contributed by atoms with Crippen LogP contribution in [0.3, 0.4) is 0 Å². The average molecular weight is 296 g/mol. The predicted molar refractivity (Wildman–Crippen MR) is 73.5 cm³/mol.